The molecule has 0 aromatic carbocycles. The first-order valence-electron chi connectivity index (χ1n) is 0.532. The van der Waals surface area contributed by atoms with E-state index in [0.29, 0.717) is 0 Å². The van der Waals surface area contributed by atoms with Crippen LogP contribution in [-0.4, -0.2) is 30.7 Å². The predicted octanol–water partition coefficient (Wildman–Crippen LogP) is -9.69. The van der Waals surface area contributed by atoms with Gasteiger partial charge in [0.25, 0.3) is 11.4 Å². The molecule has 0 atom stereocenters. The molecule has 0 aromatic rings. The van der Waals surface area contributed by atoms with Crippen LogP contribution in [0, 0.1) is 0 Å². The van der Waals surface area contributed by atoms with Crippen molar-refractivity contribution in [1.82, 2.24) is 0 Å². The second-order valence-corrected chi connectivity index (χ2v) is 0.692. The molecule has 0 aliphatic rings. The molecule has 0 aliphatic carbocycles. The third-order valence-corrected chi connectivity index (χ3v) is 0. The van der Waals surface area contributed by atoms with E-state index in [1.807, 2.05) is 0 Å². The van der Waals surface area contributed by atoms with Crippen LogP contribution >= 0.6 is 0 Å². The topological polar surface area (TPSA) is 57.5 Å². The van der Waals surface area contributed by atoms with Crippen LogP contribution < -0.4 is 37.2 Å². The Bertz CT molecular complexity index is 37.5. The number of halogens is 3. The Hall–Kier alpha value is 1.47. The van der Waals surface area contributed by atoms with Gasteiger partial charge in [-0.3, -0.25) is 9.11 Å². The average molecular weight is 215 g/mol. The van der Waals surface area contributed by atoms with E-state index in [4.69, 9.17) is 13.3 Å². The van der Waals surface area contributed by atoms with Crippen molar-refractivity contribution in [3.63, 3.8) is 0 Å². The number of hydrogen-bond acceptors (Lipinski definition) is 1. The Balaban J connectivity index is -0.00000000750. The zero-order valence-electron chi connectivity index (χ0n) is 3.42. The van der Waals surface area contributed by atoms with Crippen molar-refractivity contribution in [1.29, 1.82) is 0 Å². The van der Waals surface area contributed by atoms with E-state index in [1.54, 1.807) is 0 Å². The molecule has 0 amide bonds. The van der Waals surface area contributed by atoms with Gasteiger partial charge in [-0.05, 0) is 0 Å². The maximum absolute atomic E-state index is 8.67. The molecule has 2 N–H and O–H groups in total. The fourth-order valence-electron chi connectivity index (χ4n) is 0. The number of hydrogen-bond donors (Lipinski definition) is 2. The van der Waals surface area contributed by atoms with E-state index >= 15 is 0 Å². The third-order valence-electron chi connectivity index (χ3n) is 0. The van der Waals surface area contributed by atoms with Gasteiger partial charge in [-0.15, -0.1) is 0 Å². The quantitative estimate of drug-likeness (QED) is 0.312. The van der Waals surface area contributed by atoms with Gasteiger partial charge >= 0.3 is 17.4 Å². The van der Waals surface area contributed by atoms with Gasteiger partial charge in [-0.2, -0.15) is 4.21 Å². The Morgan fingerprint density at radius 2 is 1.00 bits per heavy atom. The van der Waals surface area contributed by atoms with E-state index in [9.17, 15) is 0 Å². The van der Waals surface area contributed by atoms with Crippen molar-refractivity contribution in [2.24, 2.45) is 0 Å². The molecule has 8 heteroatoms. The van der Waals surface area contributed by atoms with E-state index in [1.165, 1.54) is 0 Å². The smallest absolute Gasteiger partial charge is 1.00 e. The minimum absolute atomic E-state index is 0. The molecule has 8 heavy (non-hydrogen) atoms. The first-order valence-corrected chi connectivity index (χ1v) is 1.60. The summed E-state index contributed by atoms with van der Waals surface area (Å²) in [6, 6.07) is 0. The summed E-state index contributed by atoms with van der Waals surface area (Å²) >= 11 is -2.61. The third kappa shape index (κ3) is 144. The zero-order valence-corrected chi connectivity index (χ0v) is 7.66. The summed E-state index contributed by atoms with van der Waals surface area (Å²) in [5.74, 6) is 0. The number of rotatable bonds is 0. The van der Waals surface area contributed by atoms with E-state index < -0.39 is 11.4 Å². The van der Waals surface area contributed by atoms with E-state index in [2.05, 4.69) is 0 Å². The molecule has 0 spiro atoms. The molecular formula is H2AlCl3O3S. The molecule has 50 valence electrons. The molecule has 0 fully saturated rings. The van der Waals surface area contributed by atoms with Crippen LogP contribution in [0.1, 0.15) is 0 Å². The molecule has 0 rings (SSSR count). The second kappa shape index (κ2) is 23.7. The van der Waals surface area contributed by atoms with Gasteiger partial charge in [0.05, 0.1) is 0 Å². The SMILES string of the molecule is O=S(O)O.[Al+3].[Cl-].[Cl-].[Cl-]. The van der Waals surface area contributed by atoms with Crippen molar-refractivity contribution >= 4 is 28.7 Å². The van der Waals surface area contributed by atoms with Crippen molar-refractivity contribution < 1.29 is 50.5 Å². The van der Waals surface area contributed by atoms with Crippen LogP contribution in [0.3, 0.4) is 0 Å². The standard InChI is InChI=1S/Al.3ClH.H2O3S/c;;;;1-4(2)3/h;3*1H;(H2,1,2,3)/q+3;;;;/p-3. The molecular weight excluding hydrogens is 213 g/mol. The minimum Gasteiger partial charge on any atom is -1.00 e. The average Bonchev–Trinajstić information content (AvgIpc) is 0.811. The summed E-state index contributed by atoms with van der Waals surface area (Å²) in [6.07, 6.45) is 0. The van der Waals surface area contributed by atoms with Crippen molar-refractivity contribution in [2.45, 2.75) is 0 Å². The van der Waals surface area contributed by atoms with Crippen molar-refractivity contribution in [3.05, 3.63) is 0 Å². The summed E-state index contributed by atoms with van der Waals surface area (Å²) < 4.78 is 22.8. The Morgan fingerprint density at radius 3 is 1.00 bits per heavy atom. The van der Waals surface area contributed by atoms with Crippen LogP contribution in [0.4, 0.5) is 0 Å². The Labute approximate surface area is 79.1 Å². The Morgan fingerprint density at radius 1 is 1.00 bits per heavy atom. The van der Waals surface area contributed by atoms with Gasteiger partial charge in [0.2, 0.25) is 0 Å². The molecule has 0 aliphatic heterocycles. The maximum atomic E-state index is 8.67. The predicted molar refractivity (Wildman–Crippen MR) is 19.2 cm³/mol. The molecule has 0 bridgehead atoms. The molecule has 0 radical (unpaired) electrons. The van der Waals surface area contributed by atoms with Gasteiger partial charge in [0.1, 0.15) is 0 Å². The van der Waals surface area contributed by atoms with Gasteiger partial charge in [-0.25, -0.2) is 0 Å². The molecule has 0 aromatic heterocycles. The van der Waals surface area contributed by atoms with Crippen LogP contribution in [0.5, 0.6) is 0 Å². The van der Waals surface area contributed by atoms with Gasteiger partial charge in [0.15, 0.2) is 0 Å². The summed E-state index contributed by atoms with van der Waals surface area (Å²) in [7, 11) is 0. The van der Waals surface area contributed by atoms with Crippen LogP contribution in [0.25, 0.3) is 0 Å². The van der Waals surface area contributed by atoms with Crippen LogP contribution in [-0.2, 0) is 11.4 Å². The largest absolute Gasteiger partial charge is 3.00 e. The summed E-state index contributed by atoms with van der Waals surface area (Å²) in [5, 5.41) is 0. The fraction of sp³-hybridized carbons (Fsp3) is 0. The van der Waals surface area contributed by atoms with Crippen molar-refractivity contribution in [3.8, 4) is 0 Å². The molecule has 0 saturated carbocycles. The Kier molecular flexibility index (Phi) is 100. The first-order chi connectivity index (χ1) is 1.73. The van der Waals surface area contributed by atoms with E-state index in [0.717, 1.165) is 0 Å². The molecule has 0 heterocycles. The zero-order chi connectivity index (χ0) is 3.58. The maximum Gasteiger partial charge on any atom is 3.00 e. The van der Waals surface area contributed by atoms with Gasteiger partial charge in [-0.1, -0.05) is 0 Å². The van der Waals surface area contributed by atoms with Crippen LogP contribution in [0.2, 0.25) is 0 Å². The normalized spacial score (nSPS) is 4.38. The van der Waals surface area contributed by atoms with Crippen LogP contribution in [0.15, 0.2) is 0 Å². The first kappa shape index (κ1) is 34.0. The van der Waals surface area contributed by atoms with Crippen molar-refractivity contribution in [2.75, 3.05) is 0 Å². The van der Waals surface area contributed by atoms with Gasteiger partial charge in [0, 0.05) is 0 Å². The molecule has 3 nitrogen and oxygen atoms in total. The summed E-state index contributed by atoms with van der Waals surface area (Å²) in [4.78, 5) is 0. The summed E-state index contributed by atoms with van der Waals surface area (Å²) in [6.45, 7) is 0. The summed E-state index contributed by atoms with van der Waals surface area (Å²) in [5.41, 5.74) is 0. The van der Waals surface area contributed by atoms with E-state index in [-0.39, 0.29) is 54.6 Å². The minimum atomic E-state index is -2.61. The monoisotopic (exact) mass is 214 g/mol. The molecule has 0 saturated heterocycles. The molecule has 0 unspecified atom stereocenters. The fourth-order valence-corrected chi connectivity index (χ4v) is 0. The van der Waals surface area contributed by atoms with Gasteiger partial charge < -0.3 is 37.2 Å². The second-order valence-electron chi connectivity index (χ2n) is 0.231.